The van der Waals surface area contributed by atoms with E-state index in [-0.39, 0.29) is 5.82 Å². The van der Waals surface area contributed by atoms with Gasteiger partial charge in [-0.15, -0.1) is 0 Å². The third-order valence-corrected chi connectivity index (χ3v) is 3.91. The molecular formula is C16H24FNO. The zero-order valence-electron chi connectivity index (χ0n) is 11.7. The molecule has 0 saturated carbocycles. The van der Waals surface area contributed by atoms with Crippen molar-refractivity contribution < 1.29 is 9.13 Å². The first-order valence-electron chi connectivity index (χ1n) is 7.31. The minimum Gasteiger partial charge on any atom is -0.378 e. The number of rotatable bonds is 7. The Labute approximate surface area is 115 Å². The van der Waals surface area contributed by atoms with Gasteiger partial charge in [0.2, 0.25) is 0 Å². The van der Waals surface area contributed by atoms with E-state index in [2.05, 4.69) is 5.32 Å². The first kappa shape index (κ1) is 14.5. The van der Waals surface area contributed by atoms with E-state index in [0.29, 0.717) is 12.1 Å². The first-order valence-corrected chi connectivity index (χ1v) is 7.31. The molecule has 2 unspecified atom stereocenters. The molecule has 0 spiro atoms. The van der Waals surface area contributed by atoms with Crippen LogP contribution in [-0.2, 0) is 11.2 Å². The summed E-state index contributed by atoms with van der Waals surface area (Å²) in [5, 5.41) is 3.36. The van der Waals surface area contributed by atoms with Crippen molar-refractivity contribution in [2.75, 3.05) is 13.7 Å². The topological polar surface area (TPSA) is 21.3 Å². The van der Waals surface area contributed by atoms with Gasteiger partial charge < -0.3 is 10.1 Å². The molecule has 0 bridgehead atoms. The van der Waals surface area contributed by atoms with Crippen molar-refractivity contribution in [1.29, 1.82) is 0 Å². The van der Waals surface area contributed by atoms with Gasteiger partial charge in [-0.1, -0.05) is 12.1 Å². The second-order valence-electron chi connectivity index (χ2n) is 5.38. The first-order chi connectivity index (χ1) is 9.28. The number of nitrogens with one attached hydrogen (secondary N) is 1. The Hall–Kier alpha value is -0.930. The molecule has 1 fully saturated rings. The lowest BCUT2D eigenvalue weighted by molar-refractivity contribution is 0.101. The number of halogens is 1. The average Bonchev–Trinajstić information content (AvgIpc) is 2.93. The molecule has 1 N–H and O–H groups in total. The molecule has 2 rings (SSSR count). The molecular weight excluding hydrogens is 241 g/mol. The third kappa shape index (κ3) is 4.92. The van der Waals surface area contributed by atoms with Crippen LogP contribution in [0.2, 0.25) is 0 Å². The Morgan fingerprint density at radius 3 is 2.79 bits per heavy atom. The minimum atomic E-state index is -0.164. The lowest BCUT2D eigenvalue weighted by Crippen LogP contribution is -2.27. The molecule has 2 nitrogen and oxygen atoms in total. The maximum Gasteiger partial charge on any atom is 0.123 e. The summed E-state index contributed by atoms with van der Waals surface area (Å²) in [7, 11) is 2.00. The summed E-state index contributed by atoms with van der Waals surface area (Å²) in [4.78, 5) is 0. The minimum absolute atomic E-state index is 0.164. The largest absolute Gasteiger partial charge is 0.378 e. The quantitative estimate of drug-likeness (QED) is 0.816. The van der Waals surface area contributed by atoms with Gasteiger partial charge in [0.1, 0.15) is 5.82 Å². The third-order valence-electron chi connectivity index (χ3n) is 3.91. The average molecular weight is 265 g/mol. The molecule has 2 atom stereocenters. The second-order valence-corrected chi connectivity index (χ2v) is 5.38. The van der Waals surface area contributed by atoms with Gasteiger partial charge in [0, 0.05) is 12.6 Å². The van der Waals surface area contributed by atoms with Gasteiger partial charge in [-0.3, -0.25) is 0 Å². The summed E-state index contributed by atoms with van der Waals surface area (Å²) in [5.41, 5.74) is 1.19. The Kier molecular flexibility index (Phi) is 5.80. The van der Waals surface area contributed by atoms with Crippen LogP contribution in [0.5, 0.6) is 0 Å². The van der Waals surface area contributed by atoms with Crippen molar-refractivity contribution in [3.05, 3.63) is 35.6 Å². The summed E-state index contributed by atoms with van der Waals surface area (Å²) in [6.45, 7) is 0.940. The van der Waals surface area contributed by atoms with E-state index >= 15 is 0 Å². The molecule has 1 aromatic carbocycles. The molecule has 0 aliphatic carbocycles. The second kappa shape index (κ2) is 7.61. The van der Waals surface area contributed by atoms with E-state index in [1.165, 1.54) is 43.4 Å². The highest BCUT2D eigenvalue weighted by Gasteiger charge is 2.16. The Bertz CT molecular complexity index is 360. The smallest absolute Gasteiger partial charge is 0.123 e. The summed E-state index contributed by atoms with van der Waals surface area (Å²) >= 11 is 0. The van der Waals surface area contributed by atoms with E-state index in [0.717, 1.165) is 19.4 Å². The van der Waals surface area contributed by atoms with Crippen molar-refractivity contribution >= 4 is 0 Å². The fourth-order valence-corrected chi connectivity index (χ4v) is 2.72. The highest BCUT2D eigenvalue weighted by molar-refractivity contribution is 5.17. The van der Waals surface area contributed by atoms with E-state index in [1.807, 2.05) is 19.2 Å². The van der Waals surface area contributed by atoms with Gasteiger partial charge in [0.05, 0.1) is 6.10 Å². The molecule has 0 aromatic heterocycles. The van der Waals surface area contributed by atoms with Gasteiger partial charge in [-0.2, -0.15) is 0 Å². The van der Waals surface area contributed by atoms with Gasteiger partial charge in [0.25, 0.3) is 0 Å². The molecule has 19 heavy (non-hydrogen) atoms. The van der Waals surface area contributed by atoms with E-state index in [1.54, 1.807) is 0 Å². The lowest BCUT2D eigenvalue weighted by Gasteiger charge is -2.17. The number of benzene rings is 1. The normalized spacial score (nSPS) is 20.6. The summed E-state index contributed by atoms with van der Waals surface area (Å²) in [6.07, 6.45) is 7.40. The van der Waals surface area contributed by atoms with Crippen molar-refractivity contribution in [3.8, 4) is 0 Å². The Morgan fingerprint density at radius 1 is 1.37 bits per heavy atom. The van der Waals surface area contributed by atoms with Crippen molar-refractivity contribution in [1.82, 2.24) is 5.32 Å². The maximum absolute atomic E-state index is 12.9. The van der Waals surface area contributed by atoms with Crippen molar-refractivity contribution in [2.24, 2.45) is 0 Å². The summed E-state index contributed by atoms with van der Waals surface area (Å²) < 4.78 is 18.5. The maximum atomic E-state index is 12.9. The number of hydrogen-bond donors (Lipinski definition) is 1. The Morgan fingerprint density at radius 2 is 2.16 bits per heavy atom. The molecule has 3 heteroatoms. The van der Waals surface area contributed by atoms with E-state index in [9.17, 15) is 4.39 Å². The predicted octanol–water partition coefficient (Wildman–Crippen LogP) is 3.31. The fourth-order valence-electron chi connectivity index (χ4n) is 2.72. The van der Waals surface area contributed by atoms with Gasteiger partial charge >= 0.3 is 0 Å². The van der Waals surface area contributed by atoms with Crippen LogP contribution in [0.25, 0.3) is 0 Å². The molecule has 1 aliphatic heterocycles. The van der Waals surface area contributed by atoms with Crippen LogP contribution >= 0.6 is 0 Å². The van der Waals surface area contributed by atoms with E-state index in [4.69, 9.17) is 4.74 Å². The van der Waals surface area contributed by atoms with Crippen LogP contribution in [0.1, 0.15) is 37.7 Å². The molecule has 1 heterocycles. The van der Waals surface area contributed by atoms with Gasteiger partial charge in [0.15, 0.2) is 0 Å². The van der Waals surface area contributed by atoms with E-state index < -0.39 is 0 Å². The molecule has 0 amide bonds. The molecule has 106 valence electrons. The molecule has 0 radical (unpaired) electrons. The number of ether oxygens (including phenoxy) is 1. The predicted molar refractivity (Wildman–Crippen MR) is 75.8 cm³/mol. The van der Waals surface area contributed by atoms with Crippen LogP contribution < -0.4 is 5.32 Å². The molecule has 1 aliphatic rings. The molecule has 1 aromatic rings. The highest BCUT2D eigenvalue weighted by Crippen LogP contribution is 2.19. The number of likely N-dealkylation sites (N-methyl/N-ethyl adjacent to an activating group) is 1. The zero-order chi connectivity index (χ0) is 13.5. The van der Waals surface area contributed by atoms with Crippen LogP contribution in [0.4, 0.5) is 4.39 Å². The number of hydrogen-bond acceptors (Lipinski definition) is 2. The monoisotopic (exact) mass is 265 g/mol. The van der Waals surface area contributed by atoms with Crippen LogP contribution in [0.15, 0.2) is 24.3 Å². The van der Waals surface area contributed by atoms with Crippen LogP contribution in [0.3, 0.4) is 0 Å². The highest BCUT2D eigenvalue weighted by atomic mass is 19.1. The van der Waals surface area contributed by atoms with Crippen LogP contribution in [-0.4, -0.2) is 25.8 Å². The standard InChI is InChI=1S/C16H24FNO/c1-18-15(4-2-5-16-6-3-11-19-16)12-13-7-9-14(17)10-8-13/h7-10,15-16,18H,2-6,11-12H2,1H3. The van der Waals surface area contributed by atoms with Gasteiger partial charge in [-0.25, -0.2) is 4.39 Å². The SMILES string of the molecule is CNC(CCCC1CCCO1)Cc1ccc(F)cc1. The van der Waals surface area contributed by atoms with Crippen molar-refractivity contribution in [2.45, 2.75) is 50.7 Å². The zero-order valence-corrected chi connectivity index (χ0v) is 11.7. The fraction of sp³-hybridized carbons (Fsp3) is 0.625. The lowest BCUT2D eigenvalue weighted by atomic mass is 9.99. The molecule has 1 saturated heterocycles. The van der Waals surface area contributed by atoms with Gasteiger partial charge in [-0.05, 0) is 63.3 Å². The van der Waals surface area contributed by atoms with Crippen LogP contribution in [0, 0.1) is 5.82 Å². The Balaban J connectivity index is 1.71. The summed E-state index contributed by atoms with van der Waals surface area (Å²) in [6, 6.07) is 7.29. The van der Waals surface area contributed by atoms with Crippen molar-refractivity contribution in [3.63, 3.8) is 0 Å². The summed E-state index contributed by atoms with van der Waals surface area (Å²) in [5.74, 6) is -0.164.